The zero-order valence-corrected chi connectivity index (χ0v) is 9.59. The van der Waals surface area contributed by atoms with Gasteiger partial charge in [0.25, 0.3) is 0 Å². The van der Waals surface area contributed by atoms with E-state index in [1.807, 2.05) is 18.2 Å². The van der Waals surface area contributed by atoms with E-state index < -0.39 is 0 Å². The molecule has 2 N–H and O–H groups in total. The van der Waals surface area contributed by atoms with Crippen molar-refractivity contribution in [2.24, 2.45) is 5.73 Å². The number of ether oxygens (including phenoxy) is 2. The lowest BCUT2D eigenvalue weighted by molar-refractivity contribution is 0.146. The minimum absolute atomic E-state index is 0.498. The number of benzene rings is 1. The van der Waals surface area contributed by atoms with Crippen molar-refractivity contribution >= 4 is 11.6 Å². The van der Waals surface area contributed by atoms with Crippen LogP contribution in [0.3, 0.4) is 0 Å². The van der Waals surface area contributed by atoms with E-state index in [9.17, 15) is 0 Å². The number of nitrogens with two attached hydrogens (primary N) is 1. The maximum absolute atomic E-state index is 6.04. The molecular formula is C11H16ClNO2. The second-order valence-electron chi connectivity index (χ2n) is 3.11. The fourth-order valence-electron chi connectivity index (χ4n) is 1.29. The molecule has 1 rings (SSSR count). The van der Waals surface area contributed by atoms with Gasteiger partial charge in [0.05, 0.1) is 11.6 Å². The third-order valence-electron chi connectivity index (χ3n) is 2.00. The maximum Gasteiger partial charge on any atom is 0.141 e. The molecule has 0 spiro atoms. The molecule has 0 unspecified atom stereocenters. The number of para-hydroxylation sites is 1. The van der Waals surface area contributed by atoms with Crippen LogP contribution in [-0.4, -0.2) is 26.9 Å². The zero-order chi connectivity index (χ0) is 11.1. The van der Waals surface area contributed by atoms with E-state index in [4.69, 9.17) is 26.8 Å². The van der Waals surface area contributed by atoms with Gasteiger partial charge in [0.1, 0.15) is 12.4 Å². The van der Waals surface area contributed by atoms with Crippen LogP contribution in [0.2, 0.25) is 5.02 Å². The first kappa shape index (κ1) is 12.3. The van der Waals surface area contributed by atoms with Crippen LogP contribution in [0, 0.1) is 0 Å². The van der Waals surface area contributed by atoms with Crippen molar-refractivity contribution < 1.29 is 9.47 Å². The Hall–Kier alpha value is -0.770. The number of hydrogen-bond donors (Lipinski definition) is 1. The predicted octanol–water partition coefficient (Wildman–Crippen LogP) is 1.87. The van der Waals surface area contributed by atoms with Crippen molar-refractivity contribution in [1.82, 2.24) is 0 Å². The fourth-order valence-corrected chi connectivity index (χ4v) is 1.54. The highest BCUT2D eigenvalue weighted by atomic mass is 35.5. The van der Waals surface area contributed by atoms with Crippen molar-refractivity contribution in [2.75, 3.05) is 26.9 Å². The molecule has 0 aliphatic heterocycles. The van der Waals surface area contributed by atoms with E-state index in [-0.39, 0.29) is 0 Å². The van der Waals surface area contributed by atoms with Crippen LogP contribution in [0.1, 0.15) is 5.56 Å². The lowest BCUT2D eigenvalue weighted by atomic mass is 10.1. The molecule has 0 radical (unpaired) electrons. The van der Waals surface area contributed by atoms with Gasteiger partial charge in [-0.25, -0.2) is 0 Å². The summed E-state index contributed by atoms with van der Waals surface area (Å²) >= 11 is 6.04. The molecule has 1 aromatic carbocycles. The standard InChI is InChI=1S/C11H16ClNO2/c1-14-7-8-15-11-9(5-6-13)3-2-4-10(11)12/h2-4H,5-8,13H2,1H3. The first-order valence-electron chi connectivity index (χ1n) is 4.88. The first-order valence-corrected chi connectivity index (χ1v) is 5.26. The summed E-state index contributed by atoms with van der Waals surface area (Å²) in [6, 6.07) is 5.68. The zero-order valence-electron chi connectivity index (χ0n) is 8.83. The Balaban J connectivity index is 2.72. The van der Waals surface area contributed by atoms with Crippen molar-refractivity contribution in [2.45, 2.75) is 6.42 Å². The van der Waals surface area contributed by atoms with Crippen LogP contribution in [0.5, 0.6) is 5.75 Å². The largest absolute Gasteiger partial charge is 0.489 e. The van der Waals surface area contributed by atoms with Crippen LogP contribution in [0.25, 0.3) is 0 Å². The average Bonchev–Trinajstić information content (AvgIpc) is 2.23. The molecule has 0 saturated heterocycles. The molecule has 0 saturated carbocycles. The Morgan fingerprint density at radius 3 is 2.80 bits per heavy atom. The highest BCUT2D eigenvalue weighted by molar-refractivity contribution is 6.32. The molecule has 0 amide bonds. The number of halogens is 1. The van der Waals surface area contributed by atoms with Crippen LogP contribution in [0.4, 0.5) is 0 Å². The number of methoxy groups -OCH3 is 1. The van der Waals surface area contributed by atoms with E-state index in [1.54, 1.807) is 7.11 Å². The molecule has 0 atom stereocenters. The van der Waals surface area contributed by atoms with Crippen LogP contribution in [-0.2, 0) is 11.2 Å². The second-order valence-corrected chi connectivity index (χ2v) is 3.52. The lowest BCUT2D eigenvalue weighted by Crippen LogP contribution is -2.09. The summed E-state index contributed by atoms with van der Waals surface area (Å²) in [7, 11) is 1.64. The Bertz CT molecular complexity index is 305. The van der Waals surface area contributed by atoms with E-state index in [1.165, 1.54) is 0 Å². The molecule has 0 aromatic heterocycles. The monoisotopic (exact) mass is 229 g/mol. The van der Waals surface area contributed by atoms with Gasteiger partial charge >= 0.3 is 0 Å². The van der Waals surface area contributed by atoms with E-state index in [0.29, 0.717) is 24.8 Å². The smallest absolute Gasteiger partial charge is 0.141 e. The summed E-state index contributed by atoms with van der Waals surface area (Å²) in [5.41, 5.74) is 6.55. The summed E-state index contributed by atoms with van der Waals surface area (Å²) < 4.78 is 10.5. The topological polar surface area (TPSA) is 44.5 Å². The summed E-state index contributed by atoms with van der Waals surface area (Å²) in [5, 5.41) is 0.622. The van der Waals surface area contributed by atoms with Gasteiger partial charge < -0.3 is 15.2 Å². The van der Waals surface area contributed by atoms with E-state index in [2.05, 4.69) is 0 Å². The van der Waals surface area contributed by atoms with Gasteiger partial charge in [0.15, 0.2) is 0 Å². The molecule has 84 valence electrons. The molecule has 3 nitrogen and oxygen atoms in total. The average molecular weight is 230 g/mol. The first-order chi connectivity index (χ1) is 7.29. The van der Waals surface area contributed by atoms with Crippen LogP contribution >= 0.6 is 11.6 Å². The molecule has 0 aliphatic rings. The molecule has 4 heteroatoms. The van der Waals surface area contributed by atoms with Crippen molar-refractivity contribution in [1.29, 1.82) is 0 Å². The lowest BCUT2D eigenvalue weighted by Gasteiger charge is -2.12. The molecule has 0 aliphatic carbocycles. The summed E-state index contributed by atoms with van der Waals surface area (Å²) in [4.78, 5) is 0. The van der Waals surface area contributed by atoms with Crippen LogP contribution in [0.15, 0.2) is 18.2 Å². The molecule has 15 heavy (non-hydrogen) atoms. The quantitative estimate of drug-likeness (QED) is 0.758. The van der Waals surface area contributed by atoms with Gasteiger partial charge in [0, 0.05) is 7.11 Å². The Morgan fingerprint density at radius 1 is 1.33 bits per heavy atom. The predicted molar refractivity (Wildman–Crippen MR) is 61.6 cm³/mol. The Labute approximate surface area is 95.1 Å². The van der Waals surface area contributed by atoms with Gasteiger partial charge in [-0.05, 0) is 24.6 Å². The third-order valence-corrected chi connectivity index (χ3v) is 2.29. The van der Waals surface area contributed by atoms with Crippen molar-refractivity contribution in [3.05, 3.63) is 28.8 Å². The van der Waals surface area contributed by atoms with Crippen molar-refractivity contribution in [3.63, 3.8) is 0 Å². The van der Waals surface area contributed by atoms with Gasteiger partial charge in [0.2, 0.25) is 0 Å². The minimum Gasteiger partial charge on any atom is -0.489 e. The second kappa shape index (κ2) is 6.67. The highest BCUT2D eigenvalue weighted by Crippen LogP contribution is 2.28. The summed E-state index contributed by atoms with van der Waals surface area (Å²) in [6.07, 6.45) is 0.767. The summed E-state index contributed by atoms with van der Waals surface area (Å²) in [6.45, 7) is 1.63. The maximum atomic E-state index is 6.04. The molecular weight excluding hydrogens is 214 g/mol. The molecule has 1 aromatic rings. The SMILES string of the molecule is COCCOc1c(Cl)cccc1CCN. The van der Waals surface area contributed by atoms with E-state index in [0.717, 1.165) is 17.7 Å². The Morgan fingerprint density at radius 2 is 2.13 bits per heavy atom. The molecule has 0 fully saturated rings. The van der Waals surface area contributed by atoms with Crippen LogP contribution < -0.4 is 10.5 Å². The highest BCUT2D eigenvalue weighted by Gasteiger charge is 2.07. The van der Waals surface area contributed by atoms with Gasteiger partial charge in [-0.3, -0.25) is 0 Å². The van der Waals surface area contributed by atoms with Gasteiger partial charge in [-0.1, -0.05) is 23.7 Å². The number of hydrogen-bond acceptors (Lipinski definition) is 3. The molecule has 0 bridgehead atoms. The Kier molecular flexibility index (Phi) is 5.47. The van der Waals surface area contributed by atoms with E-state index >= 15 is 0 Å². The van der Waals surface area contributed by atoms with Crippen molar-refractivity contribution in [3.8, 4) is 5.75 Å². The molecule has 0 heterocycles. The summed E-state index contributed by atoms with van der Waals surface area (Å²) in [5.74, 6) is 0.724. The van der Waals surface area contributed by atoms with Gasteiger partial charge in [-0.2, -0.15) is 0 Å². The minimum atomic E-state index is 0.498. The number of rotatable bonds is 6. The fraction of sp³-hybridized carbons (Fsp3) is 0.455. The third kappa shape index (κ3) is 3.70. The van der Waals surface area contributed by atoms with Gasteiger partial charge in [-0.15, -0.1) is 0 Å². The normalized spacial score (nSPS) is 10.3.